The van der Waals surface area contributed by atoms with Crippen LogP contribution >= 0.6 is 0 Å². The van der Waals surface area contributed by atoms with Crippen molar-refractivity contribution < 1.29 is 19.1 Å². The van der Waals surface area contributed by atoms with E-state index < -0.39 is 5.97 Å². The van der Waals surface area contributed by atoms with Gasteiger partial charge >= 0.3 is 5.97 Å². The van der Waals surface area contributed by atoms with Gasteiger partial charge in [-0.2, -0.15) is 0 Å². The first-order valence-corrected chi connectivity index (χ1v) is 8.51. The van der Waals surface area contributed by atoms with Gasteiger partial charge in [0.2, 0.25) is 0 Å². The number of rotatable bonds is 6. The summed E-state index contributed by atoms with van der Waals surface area (Å²) in [6.07, 6.45) is 5.61. The van der Waals surface area contributed by atoms with Crippen LogP contribution in [0.15, 0.2) is 24.3 Å². The number of methoxy groups -OCH3 is 1. The second kappa shape index (κ2) is 9.80. The van der Waals surface area contributed by atoms with E-state index in [1.165, 1.54) is 6.42 Å². The Hall–Kier alpha value is -2.24. The molecule has 1 heterocycles. The molecule has 6 heteroatoms. The predicted octanol–water partition coefficient (Wildman–Crippen LogP) is 2.44. The molecule has 0 bridgehead atoms. The molecule has 6 nitrogen and oxygen atoms in total. The summed E-state index contributed by atoms with van der Waals surface area (Å²) >= 11 is 0. The third-order valence-electron chi connectivity index (χ3n) is 4.10. The number of carbonyl (C=O) groups excluding carboxylic acids is 2. The standard InChI is InChI=1S/C18H26N2O4/c1-23-16-10-6-5-9-15(16)19-13-18(22)24-14-17(21)20-11-7-3-2-4-8-12-20/h5-6,9-10,19H,2-4,7-8,11-14H2,1H3. The maximum absolute atomic E-state index is 12.2. The lowest BCUT2D eigenvalue weighted by Gasteiger charge is -2.24. The summed E-state index contributed by atoms with van der Waals surface area (Å²) in [7, 11) is 1.57. The third-order valence-corrected chi connectivity index (χ3v) is 4.10. The molecule has 132 valence electrons. The smallest absolute Gasteiger partial charge is 0.325 e. The van der Waals surface area contributed by atoms with Crippen LogP contribution in [0.1, 0.15) is 32.1 Å². The molecule has 24 heavy (non-hydrogen) atoms. The number of esters is 1. The number of hydrogen-bond acceptors (Lipinski definition) is 5. The Bertz CT molecular complexity index is 540. The van der Waals surface area contributed by atoms with Crippen molar-refractivity contribution in [3.8, 4) is 5.75 Å². The van der Waals surface area contributed by atoms with Gasteiger partial charge in [-0.1, -0.05) is 31.4 Å². The van der Waals surface area contributed by atoms with E-state index in [0.717, 1.165) is 38.8 Å². The summed E-state index contributed by atoms with van der Waals surface area (Å²) in [5.41, 5.74) is 0.715. The number of nitrogens with zero attached hydrogens (tertiary/aromatic N) is 1. The average Bonchev–Trinajstić information content (AvgIpc) is 2.57. The highest BCUT2D eigenvalue weighted by Crippen LogP contribution is 2.22. The number of carbonyl (C=O) groups is 2. The number of amides is 1. The molecular weight excluding hydrogens is 308 g/mol. The minimum Gasteiger partial charge on any atom is -0.495 e. The van der Waals surface area contributed by atoms with Gasteiger partial charge < -0.3 is 19.7 Å². The Labute approximate surface area is 143 Å². The van der Waals surface area contributed by atoms with E-state index >= 15 is 0 Å². The van der Waals surface area contributed by atoms with Gasteiger partial charge in [-0.15, -0.1) is 0 Å². The molecule has 1 fully saturated rings. The number of likely N-dealkylation sites (tertiary alicyclic amines) is 1. The van der Waals surface area contributed by atoms with Gasteiger partial charge in [0, 0.05) is 13.1 Å². The van der Waals surface area contributed by atoms with Gasteiger partial charge in [-0.25, -0.2) is 0 Å². The van der Waals surface area contributed by atoms with Crippen molar-refractivity contribution in [1.82, 2.24) is 4.90 Å². The molecule has 1 amide bonds. The van der Waals surface area contributed by atoms with Crippen LogP contribution in [0.4, 0.5) is 5.69 Å². The Kier molecular flexibility index (Phi) is 7.39. The highest BCUT2D eigenvalue weighted by Gasteiger charge is 2.16. The number of ether oxygens (including phenoxy) is 2. The summed E-state index contributed by atoms with van der Waals surface area (Å²) in [6, 6.07) is 7.32. The van der Waals surface area contributed by atoms with E-state index in [4.69, 9.17) is 9.47 Å². The van der Waals surface area contributed by atoms with Crippen LogP contribution in [0.5, 0.6) is 5.75 Å². The van der Waals surface area contributed by atoms with Crippen molar-refractivity contribution in [1.29, 1.82) is 0 Å². The molecular formula is C18H26N2O4. The summed E-state index contributed by atoms with van der Waals surface area (Å²) in [4.78, 5) is 25.8. The summed E-state index contributed by atoms with van der Waals surface area (Å²) in [5, 5.41) is 2.96. The second-order valence-electron chi connectivity index (χ2n) is 5.86. The Balaban J connectivity index is 1.73. The molecule has 1 saturated heterocycles. The van der Waals surface area contributed by atoms with Crippen molar-refractivity contribution in [2.24, 2.45) is 0 Å². The quantitative estimate of drug-likeness (QED) is 0.809. The zero-order chi connectivity index (χ0) is 17.2. The molecule has 1 aliphatic rings. The Morgan fingerprint density at radius 2 is 1.75 bits per heavy atom. The van der Waals surface area contributed by atoms with E-state index in [1.807, 2.05) is 18.2 Å². The minimum absolute atomic E-state index is 0.00630. The fourth-order valence-corrected chi connectivity index (χ4v) is 2.74. The van der Waals surface area contributed by atoms with E-state index in [2.05, 4.69) is 5.32 Å². The van der Waals surface area contributed by atoms with Crippen molar-refractivity contribution in [2.75, 3.05) is 38.7 Å². The predicted molar refractivity (Wildman–Crippen MR) is 92.1 cm³/mol. The van der Waals surface area contributed by atoms with E-state index in [9.17, 15) is 9.59 Å². The van der Waals surface area contributed by atoms with Crippen molar-refractivity contribution in [3.63, 3.8) is 0 Å². The highest BCUT2D eigenvalue weighted by atomic mass is 16.5. The first kappa shape index (κ1) is 18.1. The van der Waals surface area contributed by atoms with Gasteiger partial charge in [0.1, 0.15) is 12.3 Å². The number of nitrogens with one attached hydrogen (secondary N) is 1. The lowest BCUT2D eigenvalue weighted by molar-refractivity contribution is -0.150. The number of anilines is 1. The van der Waals surface area contributed by atoms with E-state index in [1.54, 1.807) is 18.1 Å². The monoisotopic (exact) mass is 334 g/mol. The largest absolute Gasteiger partial charge is 0.495 e. The fraction of sp³-hybridized carbons (Fsp3) is 0.556. The van der Waals surface area contributed by atoms with Gasteiger partial charge in [0.25, 0.3) is 5.91 Å². The molecule has 0 radical (unpaired) electrons. The molecule has 0 spiro atoms. The highest BCUT2D eigenvalue weighted by molar-refractivity contribution is 5.82. The van der Waals surface area contributed by atoms with Crippen LogP contribution in [0.3, 0.4) is 0 Å². The first-order valence-electron chi connectivity index (χ1n) is 8.51. The van der Waals surface area contributed by atoms with Crippen LogP contribution in [-0.4, -0.2) is 50.1 Å². The van der Waals surface area contributed by atoms with Gasteiger partial charge in [0.05, 0.1) is 12.8 Å². The lowest BCUT2D eigenvalue weighted by atomic mass is 10.1. The van der Waals surface area contributed by atoms with E-state index in [-0.39, 0.29) is 19.1 Å². The first-order chi connectivity index (χ1) is 11.7. The van der Waals surface area contributed by atoms with Crippen molar-refractivity contribution in [2.45, 2.75) is 32.1 Å². The minimum atomic E-state index is -0.457. The number of para-hydroxylation sites is 2. The van der Waals surface area contributed by atoms with Crippen LogP contribution < -0.4 is 10.1 Å². The average molecular weight is 334 g/mol. The summed E-state index contributed by atoms with van der Waals surface area (Å²) in [6.45, 7) is 1.33. The van der Waals surface area contributed by atoms with Crippen LogP contribution in [-0.2, 0) is 14.3 Å². The molecule has 1 aromatic rings. The molecule has 2 rings (SSSR count). The molecule has 0 unspecified atom stereocenters. The van der Waals surface area contributed by atoms with E-state index in [0.29, 0.717) is 11.4 Å². The van der Waals surface area contributed by atoms with Crippen LogP contribution in [0.2, 0.25) is 0 Å². The van der Waals surface area contributed by atoms with Crippen LogP contribution in [0.25, 0.3) is 0 Å². The van der Waals surface area contributed by atoms with Crippen molar-refractivity contribution in [3.05, 3.63) is 24.3 Å². The molecule has 0 saturated carbocycles. The Morgan fingerprint density at radius 1 is 1.08 bits per heavy atom. The number of hydrogen-bond donors (Lipinski definition) is 1. The summed E-state index contributed by atoms with van der Waals surface area (Å²) in [5.74, 6) is 0.0888. The zero-order valence-electron chi connectivity index (χ0n) is 14.3. The molecule has 1 aliphatic heterocycles. The second-order valence-corrected chi connectivity index (χ2v) is 5.86. The SMILES string of the molecule is COc1ccccc1NCC(=O)OCC(=O)N1CCCCCCC1. The van der Waals surface area contributed by atoms with Gasteiger partial charge in [-0.3, -0.25) is 9.59 Å². The normalized spacial score (nSPS) is 15.1. The fourth-order valence-electron chi connectivity index (χ4n) is 2.74. The number of benzene rings is 1. The van der Waals surface area contributed by atoms with Gasteiger partial charge in [-0.05, 0) is 25.0 Å². The van der Waals surface area contributed by atoms with Crippen molar-refractivity contribution >= 4 is 17.6 Å². The lowest BCUT2D eigenvalue weighted by Crippen LogP contribution is -2.37. The molecule has 1 aromatic carbocycles. The Morgan fingerprint density at radius 3 is 2.46 bits per heavy atom. The molecule has 0 aliphatic carbocycles. The summed E-state index contributed by atoms with van der Waals surface area (Å²) < 4.78 is 10.3. The zero-order valence-corrected chi connectivity index (χ0v) is 14.3. The molecule has 1 N–H and O–H groups in total. The molecule has 0 aromatic heterocycles. The third kappa shape index (κ3) is 5.76. The molecule has 0 atom stereocenters. The maximum Gasteiger partial charge on any atom is 0.325 e. The topological polar surface area (TPSA) is 67.9 Å². The van der Waals surface area contributed by atoms with Crippen LogP contribution in [0, 0.1) is 0 Å². The van der Waals surface area contributed by atoms with Gasteiger partial charge in [0.15, 0.2) is 6.61 Å². The maximum atomic E-state index is 12.2.